The molecule has 0 saturated carbocycles. The summed E-state index contributed by atoms with van der Waals surface area (Å²) in [4.78, 5) is 10.8. The summed E-state index contributed by atoms with van der Waals surface area (Å²) < 4.78 is 5.08. The molecule has 0 radical (unpaired) electrons. The van der Waals surface area contributed by atoms with Crippen molar-refractivity contribution in [1.29, 1.82) is 0 Å². The van der Waals surface area contributed by atoms with Crippen LogP contribution in [0.15, 0.2) is 12.4 Å². The van der Waals surface area contributed by atoms with E-state index in [1.54, 1.807) is 7.11 Å². The summed E-state index contributed by atoms with van der Waals surface area (Å²) >= 11 is 3.38. The molecule has 0 aliphatic rings. The predicted octanol–water partition coefficient (Wildman–Crippen LogP) is 2.23. The van der Waals surface area contributed by atoms with Crippen LogP contribution in [-0.4, -0.2) is 36.3 Å². The number of anilines is 1. The van der Waals surface area contributed by atoms with Crippen LogP contribution in [-0.2, 0) is 10.1 Å². The van der Waals surface area contributed by atoms with Crippen molar-refractivity contribution in [2.24, 2.45) is 0 Å². The summed E-state index contributed by atoms with van der Waals surface area (Å²) in [5.41, 5.74) is 1.08. The summed E-state index contributed by atoms with van der Waals surface area (Å²) in [6.07, 6.45) is 3.69. The molecule has 0 atom stereocenters. The first kappa shape index (κ1) is 13.4. The number of halogens is 1. The van der Waals surface area contributed by atoms with Gasteiger partial charge in [0.1, 0.15) is 0 Å². The lowest BCUT2D eigenvalue weighted by atomic mass is 10.3. The second kappa shape index (κ2) is 6.81. The van der Waals surface area contributed by atoms with Gasteiger partial charge >= 0.3 is 0 Å². The topological polar surface area (TPSA) is 38.2 Å². The Bertz CT molecular complexity index is 303. The van der Waals surface area contributed by atoms with Gasteiger partial charge in [0.25, 0.3) is 0 Å². The van der Waals surface area contributed by atoms with Crippen LogP contribution < -0.4 is 4.90 Å². The van der Waals surface area contributed by atoms with Crippen molar-refractivity contribution in [1.82, 2.24) is 9.97 Å². The number of rotatable bonds is 6. The van der Waals surface area contributed by atoms with Gasteiger partial charge in [-0.1, -0.05) is 15.9 Å². The van der Waals surface area contributed by atoms with Gasteiger partial charge < -0.3 is 9.64 Å². The highest BCUT2D eigenvalue weighted by Crippen LogP contribution is 2.11. The van der Waals surface area contributed by atoms with Gasteiger partial charge in [-0.05, 0) is 19.4 Å². The number of ether oxygens (including phenoxy) is 1. The Labute approximate surface area is 105 Å². The highest BCUT2D eigenvalue weighted by Gasteiger charge is 2.12. The molecule has 1 aromatic heterocycles. The number of nitrogens with zero attached hydrogens (tertiary/aromatic N) is 3. The van der Waals surface area contributed by atoms with Crippen LogP contribution in [0.4, 0.5) is 5.95 Å². The van der Waals surface area contributed by atoms with Gasteiger partial charge in [-0.25, -0.2) is 9.97 Å². The minimum Gasteiger partial charge on any atom is -0.383 e. The van der Waals surface area contributed by atoms with Crippen LogP contribution in [0.3, 0.4) is 0 Å². The zero-order chi connectivity index (χ0) is 12.0. The molecular formula is C11H18BrN3O. The Morgan fingerprint density at radius 2 is 2.00 bits per heavy atom. The Morgan fingerprint density at radius 3 is 2.44 bits per heavy atom. The molecule has 0 fully saturated rings. The fourth-order valence-corrected chi connectivity index (χ4v) is 1.63. The number of alkyl halides is 1. The second-order valence-corrected chi connectivity index (χ2v) is 4.37. The van der Waals surface area contributed by atoms with Crippen LogP contribution in [0.5, 0.6) is 0 Å². The van der Waals surface area contributed by atoms with Gasteiger partial charge in [0.2, 0.25) is 5.95 Å². The summed E-state index contributed by atoms with van der Waals surface area (Å²) in [6.45, 7) is 5.73. The molecule has 0 aliphatic heterocycles. The Balaban J connectivity index is 2.75. The van der Waals surface area contributed by atoms with Gasteiger partial charge in [-0.15, -0.1) is 0 Å². The Morgan fingerprint density at radius 1 is 1.38 bits per heavy atom. The Hall–Kier alpha value is -0.680. The van der Waals surface area contributed by atoms with Crippen molar-refractivity contribution in [2.75, 3.05) is 25.2 Å². The predicted molar refractivity (Wildman–Crippen MR) is 69.0 cm³/mol. The Kier molecular flexibility index (Phi) is 5.69. The lowest BCUT2D eigenvalue weighted by Gasteiger charge is -2.26. The highest BCUT2D eigenvalue weighted by atomic mass is 79.9. The van der Waals surface area contributed by atoms with Crippen molar-refractivity contribution < 1.29 is 4.74 Å². The molecular weight excluding hydrogens is 270 g/mol. The molecule has 0 unspecified atom stereocenters. The van der Waals surface area contributed by atoms with Crippen molar-refractivity contribution in [3.63, 3.8) is 0 Å². The largest absolute Gasteiger partial charge is 0.383 e. The third kappa shape index (κ3) is 3.72. The normalized spacial score (nSPS) is 10.8. The van der Waals surface area contributed by atoms with Crippen molar-refractivity contribution in [3.8, 4) is 0 Å². The molecule has 4 nitrogen and oxygen atoms in total. The average molecular weight is 288 g/mol. The molecule has 1 heterocycles. The molecule has 5 heteroatoms. The number of methoxy groups -OCH3 is 1. The molecule has 0 saturated heterocycles. The molecule has 90 valence electrons. The average Bonchev–Trinajstić information content (AvgIpc) is 2.30. The lowest BCUT2D eigenvalue weighted by molar-refractivity contribution is 0.203. The molecule has 1 rings (SSSR count). The van der Waals surface area contributed by atoms with E-state index >= 15 is 0 Å². The first-order valence-electron chi connectivity index (χ1n) is 5.31. The van der Waals surface area contributed by atoms with Crippen LogP contribution in [0.2, 0.25) is 0 Å². The fourth-order valence-electron chi connectivity index (χ4n) is 1.34. The van der Waals surface area contributed by atoms with Gasteiger partial charge in [-0.2, -0.15) is 0 Å². The van der Waals surface area contributed by atoms with E-state index in [4.69, 9.17) is 4.74 Å². The molecule has 1 aromatic rings. The van der Waals surface area contributed by atoms with E-state index in [-0.39, 0.29) is 0 Å². The van der Waals surface area contributed by atoms with E-state index in [1.807, 2.05) is 12.4 Å². The summed E-state index contributed by atoms with van der Waals surface area (Å²) in [6, 6.07) is 0.366. The van der Waals surface area contributed by atoms with E-state index < -0.39 is 0 Å². The molecule has 0 spiro atoms. The van der Waals surface area contributed by atoms with E-state index in [0.717, 1.165) is 23.4 Å². The zero-order valence-corrected chi connectivity index (χ0v) is 11.6. The van der Waals surface area contributed by atoms with Crippen LogP contribution in [0, 0.1) is 0 Å². The molecule has 0 aliphatic carbocycles. The van der Waals surface area contributed by atoms with Gasteiger partial charge in [-0.3, -0.25) is 0 Å². The van der Waals surface area contributed by atoms with Crippen molar-refractivity contribution >= 4 is 21.9 Å². The maximum Gasteiger partial charge on any atom is 0.225 e. The first-order chi connectivity index (χ1) is 7.69. The van der Waals surface area contributed by atoms with Gasteiger partial charge in [0.15, 0.2) is 0 Å². The third-order valence-corrected chi connectivity index (χ3v) is 2.91. The molecule has 0 aromatic carbocycles. The van der Waals surface area contributed by atoms with E-state index in [2.05, 4.69) is 44.6 Å². The van der Waals surface area contributed by atoms with Gasteiger partial charge in [0, 0.05) is 37.4 Å². The maximum atomic E-state index is 5.08. The van der Waals surface area contributed by atoms with E-state index in [0.29, 0.717) is 12.6 Å². The molecule has 0 bridgehead atoms. The first-order valence-corrected chi connectivity index (χ1v) is 6.43. The minimum absolute atomic E-state index is 0.366. The summed E-state index contributed by atoms with van der Waals surface area (Å²) in [5, 5.41) is 0.785. The SMILES string of the molecule is COCCN(c1ncc(CBr)cn1)C(C)C. The summed E-state index contributed by atoms with van der Waals surface area (Å²) in [7, 11) is 1.70. The number of hydrogen-bond donors (Lipinski definition) is 0. The monoisotopic (exact) mass is 287 g/mol. The van der Waals surface area contributed by atoms with Crippen LogP contribution in [0.1, 0.15) is 19.4 Å². The van der Waals surface area contributed by atoms with E-state index in [9.17, 15) is 0 Å². The standard InChI is InChI=1S/C11H18BrN3O/c1-9(2)15(4-5-16-3)11-13-7-10(6-12)8-14-11/h7-9H,4-6H2,1-3H3. The second-order valence-electron chi connectivity index (χ2n) is 3.80. The quantitative estimate of drug-likeness (QED) is 0.752. The lowest BCUT2D eigenvalue weighted by Crippen LogP contribution is -2.35. The van der Waals surface area contributed by atoms with Crippen LogP contribution in [0.25, 0.3) is 0 Å². The van der Waals surface area contributed by atoms with Crippen molar-refractivity contribution in [2.45, 2.75) is 25.2 Å². The fraction of sp³-hybridized carbons (Fsp3) is 0.636. The van der Waals surface area contributed by atoms with Gasteiger partial charge in [0.05, 0.1) is 6.61 Å². The third-order valence-electron chi connectivity index (χ3n) is 2.26. The zero-order valence-electron chi connectivity index (χ0n) is 9.98. The summed E-state index contributed by atoms with van der Waals surface area (Å²) in [5.74, 6) is 0.761. The molecule has 0 N–H and O–H groups in total. The maximum absolute atomic E-state index is 5.08. The number of aromatic nitrogens is 2. The minimum atomic E-state index is 0.366. The smallest absolute Gasteiger partial charge is 0.225 e. The number of hydrogen-bond acceptors (Lipinski definition) is 4. The molecule has 16 heavy (non-hydrogen) atoms. The van der Waals surface area contributed by atoms with Crippen LogP contribution >= 0.6 is 15.9 Å². The highest BCUT2D eigenvalue weighted by molar-refractivity contribution is 9.08. The van der Waals surface area contributed by atoms with E-state index in [1.165, 1.54) is 0 Å². The molecule has 0 amide bonds. The van der Waals surface area contributed by atoms with Crippen molar-refractivity contribution in [3.05, 3.63) is 18.0 Å².